The Bertz CT molecular complexity index is 915. The average Bonchev–Trinajstić information content (AvgIpc) is 3.20. The SMILES string of the molecule is O=C(NCCCC(=O)N1CCc2ccccc2C1)c1cc(Cl)c2c(c1)OCO2. The molecule has 2 aromatic carbocycles. The quantitative estimate of drug-likeness (QED) is 0.783. The molecule has 6 nitrogen and oxygen atoms in total. The molecule has 1 N–H and O–H groups in total. The van der Waals surface area contributed by atoms with E-state index in [4.69, 9.17) is 21.1 Å². The maximum atomic E-state index is 12.5. The number of benzene rings is 2. The first-order valence-electron chi connectivity index (χ1n) is 9.34. The van der Waals surface area contributed by atoms with Crippen LogP contribution < -0.4 is 14.8 Å². The summed E-state index contributed by atoms with van der Waals surface area (Å²) in [6.07, 6.45) is 1.88. The van der Waals surface area contributed by atoms with Crippen molar-refractivity contribution in [3.05, 3.63) is 58.1 Å². The van der Waals surface area contributed by atoms with E-state index in [1.54, 1.807) is 12.1 Å². The van der Waals surface area contributed by atoms with Crippen LogP contribution in [0.5, 0.6) is 11.5 Å². The molecule has 0 saturated heterocycles. The molecule has 28 heavy (non-hydrogen) atoms. The molecule has 4 rings (SSSR count). The number of nitrogens with one attached hydrogen (secondary N) is 1. The predicted molar refractivity (Wildman–Crippen MR) is 105 cm³/mol. The summed E-state index contributed by atoms with van der Waals surface area (Å²) in [4.78, 5) is 26.7. The normalized spacial score (nSPS) is 14.5. The first kappa shape index (κ1) is 18.6. The summed E-state index contributed by atoms with van der Waals surface area (Å²) in [6, 6.07) is 11.4. The van der Waals surface area contributed by atoms with E-state index in [0.29, 0.717) is 48.0 Å². The number of fused-ring (bicyclic) bond motifs is 2. The Labute approximate surface area is 168 Å². The van der Waals surface area contributed by atoms with Crippen molar-refractivity contribution in [2.75, 3.05) is 19.9 Å². The van der Waals surface area contributed by atoms with Gasteiger partial charge in [-0.3, -0.25) is 9.59 Å². The molecule has 0 aromatic heterocycles. The van der Waals surface area contributed by atoms with E-state index < -0.39 is 0 Å². The van der Waals surface area contributed by atoms with Crippen LogP contribution in [0.2, 0.25) is 5.02 Å². The van der Waals surface area contributed by atoms with Crippen molar-refractivity contribution in [1.29, 1.82) is 0 Å². The monoisotopic (exact) mass is 400 g/mol. The second-order valence-electron chi connectivity index (χ2n) is 6.89. The molecule has 0 bridgehead atoms. The van der Waals surface area contributed by atoms with Crippen molar-refractivity contribution >= 4 is 23.4 Å². The van der Waals surface area contributed by atoms with E-state index in [0.717, 1.165) is 13.0 Å². The summed E-state index contributed by atoms with van der Waals surface area (Å²) in [7, 11) is 0. The highest BCUT2D eigenvalue weighted by molar-refractivity contribution is 6.32. The number of rotatable bonds is 5. The van der Waals surface area contributed by atoms with Gasteiger partial charge in [-0.1, -0.05) is 35.9 Å². The minimum Gasteiger partial charge on any atom is -0.454 e. The number of amides is 2. The predicted octanol–water partition coefficient (Wildman–Crippen LogP) is 3.16. The van der Waals surface area contributed by atoms with E-state index in [-0.39, 0.29) is 18.6 Å². The molecule has 2 aromatic rings. The summed E-state index contributed by atoms with van der Waals surface area (Å²) in [5.74, 6) is 0.805. The molecule has 146 valence electrons. The summed E-state index contributed by atoms with van der Waals surface area (Å²) in [5.41, 5.74) is 2.95. The zero-order chi connectivity index (χ0) is 19.5. The summed E-state index contributed by atoms with van der Waals surface area (Å²) >= 11 is 6.11. The summed E-state index contributed by atoms with van der Waals surface area (Å²) < 4.78 is 10.5. The molecule has 0 aliphatic carbocycles. The number of nitrogens with zero attached hydrogens (tertiary/aromatic N) is 1. The van der Waals surface area contributed by atoms with Gasteiger partial charge in [-0.25, -0.2) is 0 Å². The molecule has 2 amide bonds. The highest BCUT2D eigenvalue weighted by atomic mass is 35.5. The van der Waals surface area contributed by atoms with Crippen LogP contribution in [-0.4, -0.2) is 36.6 Å². The van der Waals surface area contributed by atoms with Gasteiger partial charge in [-0.2, -0.15) is 0 Å². The summed E-state index contributed by atoms with van der Waals surface area (Å²) in [6.45, 7) is 1.93. The first-order valence-corrected chi connectivity index (χ1v) is 9.71. The fraction of sp³-hybridized carbons (Fsp3) is 0.333. The lowest BCUT2D eigenvalue weighted by Gasteiger charge is -2.29. The molecular weight excluding hydrogens is 380 g/mol. The topological polar surface area (TPSA) is 67.9 Å². The van der Waals surface area contributed by atoms with E-state index >= 15 is 0 Å². The van der Waals surface area contributed by atoms with Gasteiger partial charge in [0.2, 0.25) is 12.7 Å². The fourth-order valence-electron chi connectivity index (χ4n) is 3.51. The molecule has 0 atom stereocenters. The summed E-state index contributed by atoms with van der Waals surface area (Å²) in [5, 5.41) is 3.17. The second-order valence-corrected chi connectivity index (χ2v) is 7.29. The zero-order valence-electron chi connectivity index (χ0n) is 15.4. The first-order chi connectivity index (χ1) is 13.6. The lowest BCUT2D eigenvalue weighted by molar-refractivity contribution is -0.132. The smallest absolute Gasteiger partial charge is 0.251 e. The largest absolute Gasteiger partial charge is 0.454 e. The number of halogens is 1. The van der Waals surface area contributed by atoms with Gasteiger partial charge in [0, 0.05) is 31.6 Å². The van der Waals surface area contributed by atoms with Crippen molar-refractivity contribution in [2.45, 2.75) is 25.8 Å². The van der Waals surface area contributed by atoms with Gasteiger partial charge < -0.3 is 19.7 Å². The van der Waals surface area contributed by atoms with E-state index in [1.165, 1.54) is 11.1 Å². The van der Waals surface area contributed by atoms with Crippen molar-refractivity contribution in [3.63, 3.8) is 0 Å². The van der Waals surface area contributed by atoms with Crippen LogP contribution in [0, 0.1) is 0 Å². The third-order valence-electron chi connectivity index (χ3n) is 5.03. The van der Waals surface area contributed by atoms with Gasteiger partial charge >= 0.3 is 0 Å². The lowest BCUT2D eigenvalue weighted by Crippen LogP contribution is -2.36. The van der Waals surface area contributed by atoms with E-state index in [1.807, 2.05) is 17.0 Å². The van der Waals surface area contributed by atoms with Crippen LogP contribution in [0.4, 0.5) is 0 Å². The van der Waals surface area contributed by atoms with E-state index in [2.05, 4.69) is 17.4 Å². The van der Waals surface area contributed by atoms with Crippen LogP contribution in [0.15, 0.2) is 36.4 Å². The third-order valence-corrected chi connectivity index (χ3v) is 5.31. The van der Waals surface area contributed by atoms with E-state index in [9.17, 15) is 9.59 Å². The molecule has 2 heterocycles. The Balaban J connectivity index is 1.24. The Hall–Kier alpha value is -2.73. The molecule has 0 saturated carbocycles. The Morgan fingerprint density at radius 2 is 1.96 bits per heavy atom. The average molecular weight is 401 g/mol. The molecule has 7 heteroatoms. The van der Waals surface area contributed by atoms with Crippen LogP contribution >= 0.6 is 11.6 Å². The maximum Gasteiger partial charge on any atom is 0.251 e. The second kappa shape index (κ2) is 8.10. The van der Waals surface area contributed by atoms with Crippen molar-refractivity contribution < 1.29 is 19.1 Å². The van der Waals surface area contributed by atoms with Gasteiger partial charge in [0.05, 0.1) is 5.02 Å². The molecular formula is C21H21ClN2O4. The number of carbonyl (C=O) groups is 2. The van der Waals surface area contributed by atoms with Crippen molar-refractivity contribution in [2.24, 2.45) is 0 Å². The highest BCUT2D eigenvalue weighted by Crippen LogP contribution is 2.39. The number of hydrogen-bond donors (Lipinski definition) is 1. The number of carbonyl (C=O) groups excluding carboxylic acids is 2. The molecule has 0 unspecified atom stereocenters. The van der Waals surface area contributed by atoms with Crippen molar-refractivity contribution in [3.8, 4) is 11.5 Å². The molecule has 2 aliphatic heterocycles. The number of hydrogen-bond acceptors (Lipinski definition) is 4. The highest BCUT2D eigenvalue weighted by Gasteiger charge is 2.21. The maximum absolute atomic E-state index is 12.5. The van der Waals surface area contributed by atoms with Crippen molar-refractivity contribution in [1.82, 2.24) is 10.2 Å². The minimum atomic E-state index is -0.250. The molecule has 0 fully saturated rings. The van der Waals surface area contributed by atoms with Crippen LogP contribution in [0.25, 0.3) is 0 Å². The van der Waals surface area contributed by atoms with Gasteiger partial charge in [0.1, 0.15) is 0 Å². The Morgan fingerprint density at radius 1 is 1.14 bits per heavy atom. The van der Waals surface area contributed by atoms with Crippen LogP contribution in [0.3, 0.4) is 0 Å². The van der Waals surface area contributed by atoms with Gasteiger partial charge in [0.15, 0.2) is 11.5 Å². The molecule has 0 spiro atoms. The zero-order valence-corrected chi connectivity index (χ0v) is 16.1. The standard InChI is InChI=1S/C21H21ClN2O4/c22-17-10-16(11-18-20(17)28-13-27-18)21(26)23-8-3-6-19(25)24-9-7-14-4-1-2-5-15(14)12-24/h1-2,4-5,10-11H,3,6-9,12-13H2,(H,23,26). The Kier molecular flexibility index (Phi) is 5.39. The van der Waals surface area contributed by atoms with Crippen LogP contribution in [-0.2, 0) is 17.8 Å². The van der Waals surface area contributed by atoms with Gasteiger partial charge in [0.25, 0.3) is 5.91 Å². The van der Waals surface area contributed by atoms with Gasteiger partial charge in [-0.05, 0) is 36.1 Å². The fourth-order valence-corrected chi connectivity index (χ4v) is 3.77. The molecule has 0 radical (unpaired) electrons. The molecule has 2 aliphatic rings. The Morgan fingerprint density at radius 3 is 2.82 bits per heavy atom. The van der Waals surface area contributed by atoms with Crippen LogP contribution in [0.1, 0.15) is 34.3 Å². The lowest BCUT2D eigenvalue weighted by atomic mass is 9.99. The number of ether oxygens (including phenoxy) is 2. The third kappa shape index (κ3) is 3.92. The van der Waals surface area contributed by atoms with Gasteiger partial charge in [-0.15, -0.1) is 0 Å². The minimum absolute atomic E-state index is 0.100.